The molecule has 0 unspecified atom stereocenters. The van der Waals surface area contributed by atoms with Crippen molar-refractivity contribution < 1.29 is 4.42 Å². The summed E-state index contributed by atoms with van der Waals surface area (Å²) in [6.45, 7) is 0. The molecule has 258 valence electrons. The maximum absolute atomic E-state index is 6.69. The van der Waals surface area contributed by atoms with Crippen LogP contribution >= 0.6 is 0 Å². The minimum absolute atomic E-state index is 0.633. The lowest BCUT2D eigenvalue weighted by Crippen LogP contribution is -2.47. The van der Waals surface area contributed by atoms with Gasteiger partial charge in [0.2, 0.25) is 0 Å². The van der Waals surface area contributed by atoms with Gasteiger partial charge < -0.3 is 4.42 Å². The lowest BCUT2D eigenvalue weighted by atomic mass is 9.64. The van der Waals surface area contributed by atoms with Gasteiger partial charge in [-0.2, -0.15) is 0 Å². The average molecular weight is 710 g/mol. The maximum Gasteiger partial charge on any atom is 0.164 e. The summed E-state index contributed by atoms with van der Waals surface area (Å²) in [4.78, 5) is 15.2. The average Bonchev–Trinajstić information content (AvgIpc) is 3.67. The molecular formula is C45H36B7N3O. The molecule has 11 heteroatoms. The molecule has 2 heterocycles. The maximum atomic E-state index is 6.69. The van der Waals surface area contributed by atoms with Crippen LogP contribution in [0.2, 0.25) is 0 Å². The van der Waals surface area contributed by atoms with Gasteiger partial charge in [0.1, 0.15) is 66.1 Å². The summed E-state index contributed by atoms with van der Waals surface area (Å²) in [6, 6.07) is 46.5. The number of nitrogens with zero attached hydrogens (tertiary/aromatic N) is 3. The Morgan fingerprint density at radius 3 is 1.04 bits per heavy atom. The Hall–Kier alpha value is -6.20. The smallest absolute Gasteiger partial charge is 0.164 e. The van der Waals surface area contributed by atoms with E-state index in [0.717, 1.165) is 44.5 Å². The van der Waals surface area contributed by atoms with Crippen molar-refractivity contribution in [1.82, 2.24) is 15.0 Å². The summed E-state index contributed by atoms with van der Waals surface area (Å²) in [5, 5.41) is 2.45. The van der Waals surface area contributed by atoms with Gasteiger partial charge in [-0.3, -0.25) is 0 Å². The summed E-state index contributed by atoms with van der Waals surface area (Å²) in [5.41, 5.74) is 20.6. The second-order valence-corrected chi connectivity index (χ2v) is 15.0. The largest absolute Gasteiger partial charge is 0.457 e. The van der Waals surface area contributed by atoms with Crippen molar-refractivity contribution in [3.8, 4) is 67.5 Å². The molecular weight excluding hydrogens is 674 g/mol. The van der Waals surface area contributed by atoms with E-state index in [-0.39, 0.29) is 0 Å². The van der Waals surface area contributed by atoms with Gasteiger partial charge >= 0.3 is 0 Å². The van der Waals surface area contributed by atoms with Gasteiger partial charge in [0.15, 0.2) is 17.5 Å². The number of aromatic nitrogens is 3. The third-order valence-corrected chi connectivity index (χ3v) is 11.9. The summed E-state index contributed by atoms with van der Waals surface area (Å²) >= 11 is 0. The first-order valence-corrected chi connectivity index (χ1v) is 19.3. The van der Waals surface area contributed by atoms with Crippen molar-refractivity contribution in [2.45, 2.75) is 0 Å². The summed E-state index contributed by atoms with van der Waals surface area (Å²) in [6.07, 6.45) is 0. The van der Waals surface area contributed by atoms with E-state index in [4.69, 9.17) is 19.4 Å². The van der Waals surface area contributed by atoms with Crippen LogP contribution in [0.25, 0.3) is 89.5 Å². The Bertz CT molecular complexity index is 2850. The van der Waals surface area contributed by atoms with Crippen LogP contribution in [0, 0.1) is 0 Å². The molecule has 0 saturated carbocycles. The van der Waals surface area contributed by atoms with E-state index in [2.05, 4.69) is 176 Å². The minimum atomic E-state index is 0.633. The van der Waals surface area contributed by atoms with Crippen LogP contribution in [0.3, 0.4) is 0 Å². The number of benzene rings is 7. The molecule has 56 heavy (non-hydrogen) atoms. The predicted octanol–water partition coefficient (Wildman–Crippen LogP) is -0.418. The van der Waals surface area contributed by atoms with Crippen LogP contribution < -0.4 is 38.2 Å². The Balaban J connectivity index is 1.15. The first kappa shape index (κ1) is 35.5. The fourth-order valence-corrected chi connectivity index (χ4v) is 8.23. The molecule has 0 radical (unpaired) electrons. The number of hydrogen-bond donors (Lipinski definition) is 0. The van der Waals surface area contributed by atoms with Crippen molar-refractivity contribution >= 4 is 115 Å². The first-order valence-electron chi connectivity index (χ1n) is 19.3. The lowest BCUT2D eigenvalue weighted by molar-refractivity contribution is 0.675. The van der Waals surface area contributed by atoms with Crippen LogP contribution in [0.5, 0.6) is 0 Å². The molecule has 0 aliphatic heterocycles. The highest BCUT2D eigenvalue weighted by Gasteiger charge is 2.22. The topological polar surface area (TPSA) is 51.8 Å². The fourth-order valence-electron chi connectivity index (χ4n) is 8.23. The van der Waals surface area contributed by atoms with Gasteiger partial charge in [0.05, 0.1) is 0 Å². The zero-order chi connectivity index (χ0) is 38.7. The standard InChI is InChI=1S/C45H36B7N3O/c46-34-31(35(47)39(51)41-32(34)33-36(48)37(49)38(50)40(52)42(33)56-41)27-15-21-30(22-16-27)45-54-43(28-17-11-25(12-18-28)23-7-3-1-4-8-23)53-44(55-45)29-19-13-26(14-20-29)24-9-5-2-6-10-24/h1-22H,46-52H2. The van der Waals surface area contributed by atoms with Gasteiger partial charge in [0.25, 0.3) is 0 Å². The molecule has 0 bridgehead atoms. The highest BCUT2D eigenvalue weighted by molar-refractivity contribution is 6.68. The highest BCUT2D eigenvalue weighted by atomic mass is 16.3. The van der Waals surface area contributed by atoms with Crippen LogP contribution in [0.4, 0.5) is 0 Å². The zero-order valence-corrected chi connectivity index (χ0v) is 33.0. The van der Waals surface area contributed by atoms with E-state index < -0.39 is 0 Å². The third-order valence-electron chi connectivity index (χ3n) is 11.9. The molecule has 9 aromatic rings. The Kier molecular flexibility index (Phi) is 8.97. The summed E-state index contributed by atoms with van der Waals surface area (Å²) in [7, 11) is 15.5. The van der Waals surface area contributed by atoms with E-state index in [0.29, 0.717) is 17.5 Å². The predicted molar refractivity (Wildman–Crippen MR) is 257 cm³/mol. The third kappa shape index (κ3) is 6.03. The van der Waals surface area contributed by atoms with Crippen LogP contribution in [0.1, 0.15) is 0 Å². The Morgan fingerprint density at radius 2 is 0.607 bits per heavy atom. The summed E-state index contributed by atoms with van der Waals surface area (Å²) < 4.78 is 6.69. The summed E-state index contributed by atoms with van der Waals surface area (Å²) in [5.74, 6) is 1.90. The van der Waals surface area contributed by atoms with Crippen molar-refractivity contribution in [2.75, 3.05) is 0 Å². The number of fused-ring (bicyclic) bond motifs is 3. The van der Waals surface area contributed by atoms with Crippen LogP contribution in [-0.4, -0.2) is 69.9 Å². The van der Waals surface area contributed by atoms with Gasteiger partial charge in [-0.15, -0.1) is 5.46 Å². The normalized spacial score (nSPS) is 11.4. The first-order chi connectivity index (χ1) is 27.2. The minimum Gasteiger partial charge on any atom is -0.457 e. The molecule has 0 saturated heterocycles. The second-order valence-electron chi connectivity index (χ2n) is 15.0. The Morgan fingerprint density at radius 1 is 0.286 bits per heavy atom. The van der Waals surface area contributed by atoms with Gasteiger partial charge in [-0.05, 0) is 33.4 Å². The lowest BCUT2D eigenvalue weighted by Gasteiger charge is -2.17. The molecule has 7 aromatic carbocycles. The molecule has 0 N–H and O–H groups in total. The van der Waals surface area contributed by atoms with Crippen molar-refractivity contribution in [3.63, 3.8) is 0 Å². The SMILES string of the molecule is Bc1c(B)c(B)c2c(oc3c(B)c(B)c(-c4ccc(-c5nc(-c6ccc(-c7ccccc7)cc6)nc(-c6ccc(-c7ccccc7)cc6)n5)cc4)c(B)c32)c1B. The quantitative estimate of drug-likeness (QED) is 0.221. The number of hydrogen-bond acceptors (Lipinski definition) is 4. The zero-order valence-electron chi connectivity index (χ0n) is 33.0. The fraction of sp³-hybridized carbons (Fsp3) is 0. The molecule has 0 amide bonds. The van der Waals surface area contributed by atoms with E-state index in [9.17, 15) is 0 Å². The van der Waals surface area contributed by atoms with E-state index in [1.165, 1.54) is 65.7 Å². The van der Waals surface area contributed by atoms with Crippen molar-refractivity contribution in [3.05, 3.63) is 133 Å². The highest BCUT2D eigenvalue weighted by Crippen LogP contribution is 2.31. The van der Waals surface area contributed by atoms with Crippen LogP contribution in [0.15, 0.2) is 138 Å². The molecule has 9 rings (SSSR count). The van der Waals surface area contributed by atoms with Crippen molar-refractivity contribution in [1.29, 1.82) is 0 Å². The molecule has 0 fully saturated rings. The Labute approximate surface area is 334 Å². The van der Waals surface area contributed by atoms with Gasteiger partial charge in [0, 0.05) is 27.5 Å². The van der Waals surface area contributed by atoms with Gasteiger partial charge in [-0.25, -0.2) is 15.0 Å². The monoisotopic (exact) mass is 711 g/mol. The molecule has 0 aliphatic carbocycles. The molecule has 2 aromatic heterocycles. The molecule has 4 nitrogen and oxygen atoms in total. The number of furan rings is 1. The van der Waals surface area contributed by atoms with Crippen molar-refractivity contribution in [2.24, 2.45) is 0 Å². The number of rotatable bonds is 6. The molecule has 0 spiro atoms. The van der Waals surface area contributed by atoms with E-state index in [1.54, 1.807) is 0 Å². The molecule has 0 aliphatic rings. The van der Waals surface area contributed by atoms with E-state index in [1.807, 2.05) is 12.1 Å². The molecule has 0 atom stereocenters. The van der Waals surface area contributed by atoms with Gasteiger partial charge in [-0.1, -0.05) is 166 Å². The van der Waals surface area contributed by atoms with Crippen LogP contribution in [-0.2, 0) is 0 Å². The second kappa shape index (κ2) is 14.1. The van der Waals surface area contributed by atoms with E-state index >= 15 is 0 Å².